The Bertz CT molecular complexity index is 464. The van der Waals surface area contributed by atoms with E-state index >= 15 is 0 Å². The van der Waals surface area contributed by atoms with Crippen LogP contribution in [0.2, 0.25) is 0 Å². The molecule has 0 amide bonds. The number of carbonyl (C=O) groups is 1. The van der Waals surface area contributed by atoms with E-state index in [-0.39, 0.29) is 6.42 Å². The molecule has 0 saturated heterocycles. The van der Waals surface area contributed by atoms with Crippen molar-refractivity contribution in [2.45, 2.75) is 19.4 Å². The summed E-state index contributed by atoms with van der Waals surface area (Å²) in [5.74, 6) is -0.430. The number of carboxylic acids is 1. The second-order valence-electron chi connectivity index (χ2n) is 3.14. The average Bonchev–Trinajstić information content (AvgIpc) is 2.87. The predicted molar refractivity (Wildman–Crippen MR) is 49.4 cm³/mol. The number of aliphatic carboxylic acids is 1. The van der Waals surface area contributed by atoms with Gasteiger partial charge in [0, 0.05) is 12.6 Å². The van der Waals surface area contributed by atoms with Gasteiger partial charge in [-0.1, -0.05) is 10.4 Å². The van der Waals surface area contributed by atoms with Crippen LogP contribution in [0.3, 0.4) is 0 Å². The van der Waals surface area contributed by atoms with Crippen LogP contribution < -0.4 is 0 Å². The molecule has 0 aliphatic heterocycles. The van der Waals surface area contributed by atoms with Gasteiger partial charge < -0.3 is 9.63 Å². The van der Waals surface area contributed by atoms with Crippen LogP contribution in [0.5, 0.6) is 0 Å². The van der Waals surface area contributed by atoms with Crippen molar-refractivity contribution in [1.82, 2.24) is 25.1 Å². The zero-order valence-electron chi connectivity index (χ0n) is 8.28. The van der Waals surface area contributed by atoms with Gasteiger partial charge in [-0.15, -0.1) is 5.10 Å². The summed E-state index contributed by atoms with van der Waals surface area (Å²) in [6.45, 7) is 0.333. The number of nitrogens with zero attached hydrogens (tertiary/aromatic N) is 5. The lowest BCUT2D eigenvalue weighted by molar-refractivity contribution is -0.136. The summed E-state index contributed by atoms with van der Waals surface area (Å²) in [5.41, 5.74) is 0.627. The molecule has 0 aliphatic carbocycles. The highest BCUT2D eigenvalue weighted by Gasteiger charge is 2.06. The zero-order chi connectivity index (χ0) is 11.4. The van der Waals surface area contributed by atoms with Gasteiger partial charge in [0.25, 0.3) is 0 Å². The van der Waals surface area contributed by atoms with E-state index in [1.165, 1.54) is 11.0 Å². The molecule has 1 N–H and O–H groups in total. The summed E-state index contributed by atoms with van der Waals surface area (Å²) >= 11 is 0. The molecule has 84 valence electrons. The summed E-state index contributed by atoms with van der Waals surface area (Å²) in [6, 6.07) is 0. The molecule has 16 heavy (non-hydrogen) atoms. The van der Waals surface area contributed by atoms with Crippen molar-refractivity contribution in [3.05, 3.63) is 24.1 Å². The van der Waals surface area contributed by atoms with Crippen LogP contribution in [-0.4, -0.2) is 36.2 Å². The minimum atomic E-state index is -0.855. The fourth-order valence-electron chi connectivity index (χ4n) is 1.17. The van der Waals surface area contributed by atoms with Gasteiger partial charge in [-0.25, -0.2) is 4.68 Å². The first-order valence-corrected chi connectivity index (χ1v) is 4.60. The molecule has 0 unspecified atom stereocenters. The second-order valence-corrected chi connectivity index (χ2v) is 3.14. The summed E-state index contributed by atoms with van der Waals surface area (Å²) in [4.78, 5) is 14.2. The number of rotatable bonds is 5. The molecule has 0 fully saturated rings. The number of carboxylic acid groups (broad SMARTS) is 1. The Hall–Kier alpha value is -2.25. The van der Waals surface area contributed by atoms with Crippen LogP contribution in [0.25, 0.3) is 0 Å². The van der Waals surface area contributed by atoms with Crippen LogP contribution in [0.4, 0.5) is 0 Å². The fraction of sp³-hybridized carbons (Fsp3) is 0.375. The maximum atomic E-state index is 10.3. The number of hydrogen-bond donors (Lipinski definition) is 1. The van der Waals surface area contributed by atoms with Crippen molar-refractivity contribution in [3.63, 3.8) is 0 Å². The maximum absolute atomic E-state index is 10.3. The largest absolute Gasteiger partial charge is 0.481 e. The first kappa shape index (κ1) is 10.3. The Balaban J connectivity index is 1.94. The van der Waals surface area contributed by atoms with Crippen LogP contribution in [0, 0.1) is 0 Å². The van der Waals surface area contributed by atoms with Gasteiger partial charge in [0.1, 0.15) is 6.54 Å². The van der Waals surface area contributed by atoms with Gasteiger partial charge in [0.05, 0.1) is 12.1 Å². The van der Waals surface area contributed by atoms with E-state index in [1.807, 2.05) is 0 Å². The molecule has 0 bridgehead atoms. The van der Waals surface area contributed by atoms with Crippen molar-refractivity contribution in [2.24, 2.45) is 0 Å². The fourth-order valence-corrected chi connectivity index (χ4v) is 1.17. The average molecular weight is 223 g/mol. The minimum Gasteiger partial charge on any atom is -0.481 e. The third-order valence-electron chi connectivity index (χ3n) is 1.89. The van der Waals surface area contributed by atoms with Crippen LogP contribution >= 0.6 is 0 Å². The summed E-state index contributed by atoms with van der Waals surface area (Å²) in [5, 5.41) is 19.6. The molecular weight excluding hydrogens is 214 g/mol. The monoisotopic (exact) mass is 223 g/mol. The molecule has 0 atom stereocenters. The van der Waals surface area contributed by atoms with Crippen molar-refractivity contribution < 1.29 is 14.4 Å². The lowest BCUT2D eigenvalue weighted by Crippen LogP contribution is -2.00. The molecule has 0 radical (unpaired) electrons. The van der Waals surface area contributed by atoms with E-state index in [1.54, 1.807) is 6.20 Å². The Morgan fingerprint density at radius 1 is 1.56 bits per heavy atom. The molecule has 0 spiro atoms. The number of aromatic nitrogens is 5. The van der Waals surface area contributed by atoms with Crippen molar-refractivity contribution >= 4 is 5.97 Å². The Morgan fingerprint density at radius 2 is 2.44 bits per heavy atom. The lowest BCUT2D eigenvalue weighted by atomic mass is 10.2. The van der Waals surface area contributed by atoms with Crippen LogP contribution in [0.1, 0.15) is 18.0 Å². The highest BCUT2D eigenvalue weighted by Crippen LogP contribution is 2.00. The van der Waals surface area contributed by atoms with E-state index < -0.39 is 5.97 Å². The Kier molecular flexibility index (Phi) is 2.90. The van der Waals surface area contributed by atoms with Crippen molar-refractivity contribution in [3.8, 4) is 0 Å². The van der Waals surface area contributed by atoms with E-state index in [0.717, 1.165) is 0 Å². The van der Waals surface area contributed by atoms with E-state index in [4.69, 9.17) is 9.63 Å². The number of aryl methyl sites for hydroxylation is 1. The summed E-state index contributed by atoms with van der Waals surface area (Å²) in [7, 11) is 0. The van der Waals surface area contributed by atoms with Crippen LogP contribution in [-0.2, 0) is 17.8 Å². The molecule has 8 nitrogen and oxygen atoms in total. The molecule has 0 aliphatic rings. The topological polar surface area (TPSA) is 107 Å². The SMILES string of the molecule is O=C(O)CCc1cn(Cc2ncno2)nn1. The van der Waals surface area contributed by atoms with Crippen molar-refractivity contribution in [1.29, 1.82) is 0 Å². The van der Waals surface area contributed by atoms with E-state index in [0.29, 0.717) is 24.6 Å². The molecule has 8 heteroatoms. The molecule has 2 aromatic rings. The normalized spacial score (nSPS) is 10.5. The summed E-state index contributed by atoms with van der Waals surface area (Å²) < 4.78 is 6.32. The first-order chi connectivity index (χ1) is 7.74. The minimum absolute atomic E-state index is 0.0409. The molecular formula is C8H9N5O3. The standard InChI is InChI=1S/C8H9N5O3/c14-8(15)2-1-6-3-13(12-11-6)4-7-9-5-10-16-7/h3,5H,1-2,4H2,(H,14,15). The van der Waals surface area contributed by atoms with E-state index in [2.05, 4.69) is 20.5 Å². The second kappa shape index (κ2) is 4.51. The van der Waals surface area contributed by atoms with Crippen molar-refractivity contribution in [2.75, 3.05) is 0 Å². The highest BCUT2D eigenvalue weighted by molar-refractivity contribution is 5.66. The third kappa shape index (κ3) is 2.62. The first-order valence-electron chi connectivity index (χ1n) is 4.60. The van der Waals surface area contributed by atoms with Gasteiger partial charge in [-0.3, -0.25) is 4.79 Å². The van der Waals surface area contributed by atoms with Gasteiger partial charge >= 0.3 is 5.97 Å². The van der Waals surface area contributed by atoms with Gasteiger partial charge in [-0.05, 0) is 0 Å². The van der Waals surface area contributed by atoms with Gasteiger partial charge in [-0.2, -0.15) is 4.98 Å². The Labute approximate surface area is 89.9 Å². The van der Waals surface area contributed by atoms with Gasteiger partial charge in [0.2, 0.25) is 5.89 Å². The van der Waals surface area contributed by atoms with Gasteiger partial charge in [0.15, 0.2) is 6.33 Å². The predicted octanol–water partition coefficient (Wildman–Crippen LogP) is -0.273. The molecule has 0 saturated carbocycles. The molecule has 0 aromatic carbocycles. The maximum Gasteiger partial charge on any atom is 0.303 e. The highest BCUT2D eigenvalue weighted by atomic mass is 16.5. The van der Waals surface area contributed by atoms with E-state index in [9.17, 15) is 4.79 Å². The zero-order valence-corrected chi connectivity index (χ0v) is 8.28. The third-order valence-corrected chi connectivity index (χ3v) is 1.89. The quantitative estimate of drug-likeness (QED) is 0.743. The molecule has 2 aromatic heterocycles. The lowest BCUT2D eigenvalue weighted by Gasteiger charge is -1.92. The molecule has 2 heterocycles. The Morgan fingerprint density at radius 3 is 3.12 bits per heavy atom. The molecule has 2 rings (SSSR count). The van der Waals surface area contributed by atoms with Crippen LogP contribution in [0.15, 0.2) is 17.0 Å². The number of hydrogen-bond acceptors (Lipinski definition) is 6. The smallest absolute Gasteiger partial charge is 0.303 e. The summed E-state index contributed by atoms with van der Waals surface area (Å²) in [6.07, 6.45) is 3.36.